The predicted molar refractivity (Wildman–Crippen MR) is 46.7 cm³/mol. The summed E-state index contributed by atoms with van der Waals surface area (Å²) in [5.74, 6) is 0. The van der Waals surface area contributed by atoms with Crippen molar-refractivity contribution in [1.82, 2.24) is 14.5 Å². The van der Waals surface area contributed by atoms with Gasteiger partial charge in [-0.15, -0.1) is 0 Å². The summed E-state index contributed by atoms with van der Waals surface area (Å²) in [5, 5.41) is 0. The lowest BCUT2D eigenvalue weighted by molar-refractivity contribution is 0.111. The number of nitrogens with zero attached hydrogens (tertiary/aromatic N) is 3. The minimum Gasteiger partial charge on any atom is -0.306 e. The molecule has 2 rings (SSSR count). The van der Waals surface area contributed by atoms with Crippen LogP contribution in [0.4, 0.5) is 0 Å². The van der Waals surface area contributed by atoms with Gasteiger partial charge < -0.3 is 4.57 Å². The molecule has 0 N–H and O–H groups in total. The van der Waals surface area contributed by atoms with Crippen molar-refractivity contribution in [1.29, 1.82) is 0 Å². The van der Waals surface area contributed by atoms with Crippen LogP contribution in [-0.4, -0.2) is 20.8 Å². The topological polar surface area (TPSA) is 47.8 Å². The molecule has 0 aromatic carbocycles. The predicted octanol–water partition coefficient (Wildman–Crippen LogP) is 1.08. The fourth-order valence-electron chi connectivity index (χ4n) is 1.07. The van der Waals surface area contributed by atoms with Gasteiger partial charge >= 0.3 is 0 Å². The average Bonchev–Trinajstić information content (AvgIpc) is 2.71. The average molecular weight is 173 g/mol. The summed E-state index contributed by atoms with van der Waals surface area (Å²) in [6.45, 7) is 0. The largest absolute Gasteiger partial charge is 0.306 e. The highest BCUT2D eigenvalue weighted by molar-refractivity contribution is 5.72. The molecule has 13 heavy (non-hydrogen) atoms. The molecule has 2 aromatic rings. The van der Waals surface area contributed by atoms with E-state index >= 15 is 0 Å². The summed E-state index contributed by atoms with van der Waals surface area (Å²) in [6, 6.07) is 3.52. The van der Waals surface area contributed by atoms with E-state index < -0.39 is 0 Å². The van der Waals surface area contributed by atoms with Gasteiger partial charge in [0, 0.05) is 18.6 Å². The van der Waals surface area contributed by atoms with Crippen LogP contribution < -0.4 is 0 Å². The van der Waals surface area contributed by atoms with Gasteiger partial charge in [-0.1, -0.05) is 0 Å². The molecule has 0 saturated heterocycles. The first kappa shape index (κ1) is 7.67. The Morgan fingerprint density at radius 3 is 3.00 bits per heavy atom. The zero-order valence-electron chi connectivity index (χ0n) is 6.79. The first-order chi connectivity index (χ1) is 6.40. The van der Waals surface area contributed by atoms with Crippen molar-refractivity contribution in [2.75, 3.05) is 0 Å². The van der Waals surface area contributed by atoms with Gasteiger partial charge in [0.2, 0.25) is 0 Å². The van der Waals surface area contributed by atoms with E-state index in [2.05, 4.69) is 9.97 Å². The Morgan fingerprint density at radius 1 is 1.38 bits per heavy atom. The van der Waals surface area contributed by atoms with E-state index in [0.29, 0.717) is 5.69 Å². The van der Waals surface area contributed by atoms with Crippen molar-refractivity contribution >= 4 is 6.29 Å². The minimum absolute atomic E-state index is 0.422. The van der Waals surface area contributed by atoms with E-state index in [-0.39, 0.29) is 0 Å². The first-order valence-corrected chi connectivity index (χ1v) is 3.80. The van der Waals surface area contributed by atoms with Gasteiger partial charge in [0.05, 0.1) is 12.0 Å². The number of rotatable bonds is 2. The molecule has 2 aromatic heterocycles. The van der Waals surface area contributed by atoms with E-state index in [1.54, 1.807) is 24.8 Å². The quantitative estimate of drug-likeness (QED) is 0.638. The van der Waals surface area contributed by atoms with Gasteiger partial charge in [0.25, 0.3) is 0 Å². The number of hydrogen-bond donors (Lipinski definition) is 0. The summed E-state index contributed by atoms with van der Waals surface area (Å²) < 4.78 is 1.81. The maximum absolute atomic E-state index is 10.4. The molecule has 4 nitrogen and oxygen atoms in total. The van der Waals surface area contributed by atoms with Crippen LogP contribution in [0.15, 0.2) is 37.1 Å². The zero-order valence-corrected chi connectivity index (χ0v) is 6.79. The molecular weight excluding hydrogens is 166 g/mol. The number of aromatic nitrogens is 3. The lowest BCUT2D eigenvalue weighted by atomic mass is 10.3. The second-order valence-corrected chi connectivity index (χ2v) is 2.53. The van der Waals surface area contributed by atoms with Crippen LogP contribution in [0, 0.1) is 0 Å². The summed E-state index contributed by atoms with van der Waals surface area (Å²) in [4.78, 5) is 18.2. The molecule has 0 unspecified atom stereocenters. The van der Waals surface area contributed by atoms with Crippen LogP contribution in [0.25, 0.3) is 5.69 Å². The Morgan fingerprint density at radius 2 is 2.31 bits per heavy atom. The molecule has 0 bridgehead atoms. The van der Waals surface area contributed by atoms with Crippen molar-refractivity contribution in [2.45, 2.75) is 0 Å². The molecule has 2 heterocycles. The fraction of sp³-hybridized carbons (Fsp3) is 0. The highest BCUT2D eigenvalue weighted by atomic mass is 16.1. The normalized spacial score (nSPS) is 9.85. The van der Waals surface area contributed by atoms with Crippen LogP contribution in [-0.2, 0) is 0 Å². The third-order valence-electron chi connectivity index (χ3n) is 1.69. The highest BCUT2D eigenvalue weighted by Crippen LogP contribution is 2.05. The number of aldehydes is 1. The molecular formula is C9H7N3O. The van der Waals surface area contributed by atoms with Crippen LogP contribution in [0.1, 0.15) is 10.5 Å². The molecule has 0 aliphatic heterocycles. The van der Waals surface area contributed by atoms with Crippen molar-refractivity contribution in [3.8, 4) is 5.69 Å². The summed E-state index contributed by atoms with van der Waals surface area (Å²) in [5.41, 5.74) is 1.31. The third-order valence-corrected chi connectivity index (χ3v) is 1.69. The summed E-state index contributed by atoms with van der Waals surface area (Å²) >= 11 is 0. The number of imidazole rings is 1. The second-order valence-electron chi connectivity index (χ2n) is 2.53. The van der Waals surface area contributed by atoms with E-state index in [0.717, 1.165) is 12.0 Å². The Hall–Kier alpha value is -1.97. The maximum Gasteiger partial charge on any atom is 0.168 e. The summed E-state index contributed by atoms with van der Waals surface area (Å²) in [7, 11) is 0. The van der Waals surface area contributed by atoms with Gasteiger partial charge in [0.1, 0.15) is 5.69 Å². The summed E-state index contributed by atoms with van der Waals surface area (Å²) in [6.07, 6.45) is 7.48. The smallest absolute Gasteiger partial charge is 0.168 e. The monoisotopic (exact) mass is 173 g/mol. The van der Waals surface area contributed by atoms with Crippen LogP contribution >= 0.6 is 0 Å². The van der Waals surface area contributed by atoms with Crippen molar-refractivity contribution in [3.05, 3.63) is 42.7 Å². The Labute approximate surface area is 74.9 Å². The van der Waals surface area contributed by atoms with Crippen molar-refractivity contribution in [2.24, 2.45) is 0 Å². The number of pyridine rings is 1. The molecule has 0 spiro atoms. The molecule has 64 valence electrons. The van der Waals surface area contributed by atoms with Crippen molar-refractivity contribution < 1.29 is 4.79 Å². The van der Waals surface area contributed by atoms with E-state index in [4.69, 9.17) is 0 Å². The molecule has 0 aliphatic rings. The maximum atomic E-state index is 10.4. The Bertz CT molecular complexity index is 409. The van der Waals surface area contributed by atoms with E-state index in [9.17, 15) is 4.79 Å². The standard InChI is InChI=1S/C9H7N3O/c13-6-8-5-9(1-2-11-8)12-4-3-10-7-12/h1-7H. The third kappa shape index (κ3) is 1.46. The van der Waals surface area contributed by atoms with Gasteiger partial charge in [-0.05, 0) is 12.1 Å². The lowest BCUT2D eigenvalue weighted by Crippen LogP contribution is -1.93. The Balaban J connectivity index is 2.47. The van der Waals surface area contributed by atoms with Crippen LogP contribution in [0.2, 0.25) is 0 Å². The number of hydrogen-bond acceptors (Lipinski definition) is 3. The van der Waals surface area contributed by atoms with Gasteiger partial charge in [-0.2, -0.15) is 0 Å². The molecule has 0 fully saturated rings. The SMILES string of the molecule is O=Cc1cc(-n2ccnc2)ccn1. The van der Waals surface area contributed by atoms with Crippen LogP contribution in [0.5, 0.6) is 0 Å². The van der Waals surface area contributed by atoms with Crippen molar-refractivity contribution in [3.63, 3.8) is 0 Å². The van der Waals surface area contributed by atoms with E-state index in [1.165, 1.54) is 0 Å². The van der Waals surface area contributed by atoms with Gasteiger partial charge in [-0.3, -0.25) is 9.78 Å². The van der Waals surface area contributed by atoms with E-state index in [1.807, 2.05) is 16.8 Å². The molecule has 0 amide bonds. The molecule has 0 saturated carbocycles. The fourth-order valence-corrected chi connectivity index (χ4v) is 1.07. The minimum atomic E-state index is 0.422. The van der Waals surface area contributed by atoms with Gasteiger partial charge in [0.15, 0.2) is 6.29 Å². The van der Waals surface area contributed by atoms with Crippen LogP contribution in [0.3, 0.4) is 0 Å². The second kappa shape index (κ2) is 3.18. The molecule has 0 atom stereocenters. The highest BCUT2D eigenvalue weighted by Gasteiger charge is 1.96. The van der Waals surface area contributed by atoms with Gasteiger partial charge in [-0.25, -0.2) is 4.98 Å². The molecule has 0 aliphatic carbocycles. The number of carbonyl (C=O) groups excluding carboxylic acids is 1. The first-order valence-electron chi connectivity index (χ1n) is 3.80. The number of carbonyl (C=O) groups is 1. The zero-order chi connectivity index (χ0) is 9.10. The molecule has 4 heteroatoms. The molecule has 0 radical (unpaired) electrons. The Kier molecular flexibility index (Phi) is 1.88. The lowest BCUT2D eigenvalue weighted by Gasteiger charge is -2.00.